The van der Waals surface area contributed by atoms with Gasteiger partial charge in [-0.25, -0.2) is 0 Å². The van der Waals surface area contributed by atoms with E-state index in [0.29, 0.717) is 18.0 Å². The molecule has 100 valence electrons. The highest BCUT2D eigenvalue weighted by atomic mass is 32.1. The molecule has 3 heteroatoms. The van der Waals surface area contributed by atoms with Gasteiger partial charge in [0, 0.05) is 28.4 Å². The van der Waals surface area contributed by atoms with Crippen molar-refractivity contribution in [3.05, 3.63) is 52.2 Å². The van der Waals surface area contributed by atoms with Gasteiger partial charge in [0.2, 0.25) is 0 Å². The van der Waals surface area contributed by atoms with E-state index >= 15 is 0 Å². The van der Waals surface area contributed by atoms with Crippen molar-refractivity contribution in [1.29, 1.82) is 0 Å². The minimum atomic E-state index is 0.363. The van der Waals surface area contributed by atoms with Crippen LogP contribution in [0.4, 0.5) is 0 Å². The highest BCUT2D eigenvalue weighted by Gasteiger charge is 2.28. The highest BCUT2D eigenvalue weighted by molar-refractivity contribution is 7.10. The average molecular weight is 273 g/mol. The zero-order chi connectivity index (χ0) is 13.2. The molecular formula is C16H19NOS. The lowest BCUT2D eigenvalue weighted by Crippen LogP contribution is -2.35. The molecule has 1 aromatic heterocycles. The molecule has 19 heavy (non-hydrogen) atoms. The molecule has 2 unspecified atom stereocenters. The van der Waals surface area contributed by atoms with Crippen LogP contribution >= 0.6 is 11.3 Å². The number of rotatable bonds is 3. The van der Waals surface area contributed by atoms with Crippen LogP contribution in [-0.4, -0.2) is 6.61 Å². The van der Waals surface area contributed by atoms with Gasteiger partial charge in [-0.15, -0.1) is 11.3 Å². The smallest absolute Gasteiger partial charge is 0.124 e. The molecule has 0 saturated carbocycles. The van der Waals surface area contributed by atoms with Crippen LogP contribution in [0.3, 0.4) is 0 Å². The van der Waals surface area contributed by atoms with E-state index in [1.807, 2.05) is 17.4 Å². The first-order chi connectivity index (χ1) is 9.25. The van der Waals surface area contributed by atoms with Crippen molar-refractivity contribution in [3.63, 3.8) is 0 Å². The summed E-state index contributed by atoms with van der Waals surface area (Å²) in [5.74, 6) is 1.51. The molecule has 0 aliphatic carbocycles. The topological polar surface area (TPSA) is 21.3 Å². The van der Waals surface area contributed by atoms with E-state index in [4.69, 9.17) is 4.74 Å². The number of hydrogen-bond donors (Lipinski definition) is 1. The van der Waals surface area contributed by atoms with Gasteiger partial charge in [-0.3, -0.25) is 0 Å². The summed E-state index contributed by atoms with van der Waals surface area (Å²) in [7, 11) is 0. The van der Waals surface area contributed by atoms with Crippen molar-refractivity contribution in [2.45, 2.75) is 25.9 Å². The van der Waals surface area contributed by atoms with E-state index in [1.165, 1.54) is 10.4 Å². The van der Waals surface area contributed by atoms with E-state index in [2.05, 4.69) is 54.9 Å². The van der Waals surface area contributed by atoms with Gasteiger partial charge in [0.1, 0.15) is 5.75 Å². The molecule has 1 aliphatic heterocycles. The third-order valence-electron chi connectivity index (χ3n) is 3.72. The molecule has 1 aromatic carbocycles. The van der Waals surface area contributed by atoms with Gasteiger partial charge in [0.15, 0.2) is 0 Å². The maximum atomic E-state index is 5.80. The van der Waals surface area contributed by atoms with Crippen molar-refractivity contribution in [1.82, 2.24) is 5.32 Å². The molecule has 0 radical (unpaired) electrons. The third kappa shape index (κ3) is 2.53. The number of benzene rings is 1. The maximum Gasteiger partial charge on any atom is 0.124 e. The molecular weight excluding hydrogens is 254 g/mol. The number of nitrogens with one attached hydrogen (secondary N) is 1. The zero-order valence-electron chi connectivity index (χ0n) is 11.3. The van der Waals surface area contributed by atoms with E-state index in [1.54, 1.807) is 0 Å². The first kappa shape index (κ1) is 12.7. The van der Waals surface area contributed by atoms with Crippen molar-refractivity contribution < 1.29 is 4.74 Å². The Morgan fingerprint density at radius 2 is 2.11 bits per heavy atom. The first-order valence-corrected chi connectivity index (χ1v) is 7.65. The molecule has 0 bridgehead atoms. The molecule has 3 atom stereocenters. The molecule has 1 aliphatic rings. The molecule has 0 fully saturated rings. The van der Waals surface area contributed by atoms with Crippen LogP contribution in [0, 0.1) is 5.92 Å². The second kappa shape index (κ2) is 5.35. The van der Waals surface area contributed by atoms with E-state index < -0.39 is 0 Å². The largest absolute Gasteiger partial charge is 0.493 e. The molecule has 0 amide bonds. The Bertz CT molecular complexity index is 537. The van der Waals surface area contributed by atoms with E-state index in [9.17, 15) is 0 Å². The van der Waals surface area contributed by atoms with Gasteiger partial charge in [-0.05, 0) is 24.4 Å². The SMILES string of the molecule is CC1COc2ccccc2C1N[C@@H](C)c1cccs1. The van der Waals surface area contributed by atoms with Gasteiger partial charge >= 0.3 is 0 Å². The van der Waals surface area contributed by atoms with Crippen LogP contribution < -0.4 is 10.1 Å². The molecule has 2 aromatic rings. The summed E-state index contributed by atoms with van der Waals surface area (Å²) in [6.45, 7) is 5.26. The number of para-hydroxylation sites is 1. The standard InChI is InChI=1S/C16H19NOS/c1-11-10-18-14-7-4-3-6-13(14)16(11)17-12(2)15-8-5-9-19-15/h3-9,11-12,16-17H,10H2,1-2H3/t11?,12-,16?/m0/s1. The van der Waals surface area contributed by atoms with Crippen LogP contribution in [0.25, 0.3) is 0 Å². The van der Waals surface area contributed by atoms with Gasteiger partial charge < -0.3 is 10.1 Å². The normalized spacial score (nSPS) is 23.5. The second-order valence-electron chi connectivity index (χ2n) is 5.21. The lowest BCUT2D eigenvalue weighted by Gasteiger charge is -2.34. The summed E-state index contributed by atoms with van der Waals surface area (Å²) >= 11 is 1.81. The van der Waals surface area contributed by atoms with Crippen LogP contribution in [0.2, 0.25) is 0 Å². The van der Waals surface area contributed by atoms with Gasteiger partial charge in [0.05, 0.1) is 6.61 Å². The number of ether oxygens (including phenoxy) is 1. The molecule has 1 N–H and O–H groups in total. The fraction of sp³-hybridized carbons (Fsp3) is 0.375. The Morgan fingerprint density at radius 1 is 1.26 bits per heavy atom. The summed E-state index contributed by atoms with van der Waals surface area (Å²) < 4.78 is 5.80. The fourth-order valence-corrected chi connectivity index (χ4v) is 3.38. The Balaban J connectivity index is 1.84. The first-order valence-electron chi connectivity index (χ1n) is 6.77. The molecule has 2 nitrogen and oxygen atoms in total. The zero-order valence-corrected chi connectivity index (χ0v) is 12.1. The van der Waals surface area contributed by atoms with Gasteiger partial charge in [0.25, 0.3) is 0 Å². The predicted molar refractivity (Wildman–Crippen MR) is 79.7 cm³/mol. The Morgan fingerprint density at radius 3 is 2.89 bits per heavy atom. The Kier molecular flexibility index (Phi) is 3.58. The summed E-state index contributed by atoms with van der Waals surface area (Å²) in [4.78, 5) is 1.39. The Labute approximate surface area is 118 Å². The van der Waals surface area contributed by atoms with Crippen LogP contribution in [0.15, 0.2) is 41.8 Å². The molecule has 0 saturated heterocycles. The molecule has 2 heterocycles. The van der Waals surface area contributed by atoms with Crippen LogP contribution in [0.1, 0.15) is 36.4 Å². The van der Waals surface area contributed by atoms with Crippen molar-refractivity contribution in [3.8, 4) is 5.75 Å². The third-order valence-corrected chi connectivity index (χ3v) is 4.78. The number of fused-ring (bicyclic) bond motifs is 1. The Hall–Kier alpha value is -1.32. The number of hydrogen-bond acceptors (Lipinski definition) is 3. The maximum absolute atomic E-state index is 5.80. The molecule has 0 spiro atoms. The van der Waals surface area contributed by atoms with E-state index in [0.717, 1.165) is 12.4 Å². The molecule has 3 rings (SSSR count). The van der Waals surface area contributed by atoms with Gasteiger partial charge in [-0.1, -0.05) is 31.2 Å². The summed E-state index contributed by atoms with van der Waals surface area (Å²) in [6.07, 6.45) is 0. The summed E-state index contributed by atoms with van der Waals surface area (Å²) in [6, 6.07) is 13.4. The van der Waals surface area contributed by atoms with Crippen LogP contribution in [-0.2, 0) is 0 Å². The van der Waals surface area contributed by atoms with Gasteiger partial charge in [-0.2, -0.15) is 0 Å². The minimum Gasteiger partial charge on any atom is -0.493 e. The average Bonchev–Trinajstić information content (AvgIpc) is 2.96. The quantitative estimate of drug-likeness (QED) is 0.906. The highest BCUT2D eigenvalue weighted by Crippen LogP contribution is 2.36. The lowest BCUT2D eigenvalue weighted by atomic mass is 9.91. The second-order valence-corrected chi connectivity index (χ2v) is 6.19. The van der Waals surface area contributed by atoms with Crippen molar-refractivity contribution in [2.75, 3.05) is 6.61 Å². The summed E-state index contributed by atoms with van der Waals surface area (Å²) in [5.41, 5.74) is 1.28. The lowest BCUT2D eigenvalue weighted by molar-refractivity contribution is 0.182. The van der Waals surface area contributed by atoms with Crippen molar-refractivity contribution in [2.24, 2.45) is 5.92 Å². The van der Waals surface area contributed by atoms with Crippen LogP contribution in [0.5, 0.6) is 5.75 Å². The number of thiophene rings is 1. The minimum absolute atomic E-state index is 0.363. The van der Waals surface area contributed by atoms with Crippen molar-refractivity contribution >= 4 is 11.3 Å². The monoisotopic (exact) mass is 273 g/mol. The van der Waals surface area contributed by atoms with E-state index in [-0.39, 0.29) is 0 Å². The summed E-state index contributed by atoms with van der Waals surface area (Å²) in [5, 5.41) is 5.89. The predicted octanol–water partition coefficient (Wildman–Crippen LogP) is 4.17. The fourth-order valence-electron chi connectivity index (χ4n) is 2.64.